The van der Waals surface area contributed by atoms with E-state index in [1.165, 1.54) is 7.05 Å². The minimum atomic E-state index is -0.630. The first-order valence-electron chi connectivity index (χ1n) is 1.39. The Kier molecular flexibility index (Phi) is 2.15. The fraction of sp³-hybridized carbons (Fsp3) is 0.500. The van der Waals surface area contributed by atoms with Crippen LogP contribution < -0.4 is 11.2 Å². The van der Waals surface area contributed by atoms with Gasteiger partial charge in [0.25, 0.3) is 0 Å². The Bertz CT molecular complexity index is 47.5. The van der Waals surface area contributed by atoms with Crippen LogP contribution in [-0.4, -0.2) is 13.1 Å². The van der Waals surface area contributed by atoms with Crippen molar-refractivity contribution in [1.29, 1.82) is 0 Å². The fourth-order valence-electron chi connectivity index (χ4n) is 0.0589. The normalized spacial score (nSPS) is 7.00. The van der Waals surface area contributed by atoms with E-state index in [0.717, 1.165) is 0 Å². The van der Waals surface area contributed by atoms with Crippen LogP contribution in [0.2, 0.25) is 0 Å². The summed E-state index contributed by atoms with van der Waals surface area (Å²) >= 11 is 0. The second kappa shape index (κ2) is 2.47. The minimum Gasteiger partial charge on any atom is -0.357 e. The molecule has 0 radical (unpaired) electrons. The van der Waals surface area contributed by atoms with Crippen molar-refractivity contribution in [2.45, 2.75) is 0 Å². The van der Waals surface area contributed by atoms with Gasteiger partial charge < -0.3 is 10.2 Å². The summed E-state index contributed by atoms with van der Waals surface area (Å²) < 4.78 is 0. The molecule has 3 N–H and O–H groups in total. The van der Waals surface area contributed by atoms with Crippen LogP contribution in [0.1, 0.15) is 0 Å². The Morgan fingerprint density at radius 3 is 2.50 bits per heavy atom. The highest BCUT2D eigenvalue weighted by atomic mass is 16.7. The smallest absolute Gasteiger partial charge is 0.357 e. The van der Waals surface area contributed by atoms with E-state index >= 15 is 0 Å². The third-order valence-corrected chi connectivity index (χ3v) is 0.311. The first-order valence-corrected chi connectivity index (χ1v) is 1.39. The van der Waals surface area contributed by atoms with Crippen LogP contribution in [0.15, 0.2) is 0 Å². The van der Waals surface area contributed by atoms with E-state index in [0.29, 0.717) is 0 Å². The number of carbonyl (C=O) groups is 1. The molecule has 0 saturated carbocycles. The van der Waals surface area contributed by atoms with Gasteiger partial charge in [0.15, 0.2) is 0 Å². The number of rotatable bonds is 0. The van der Waals surface area contributed by atoms with E-state index in [4.69, 9.17) is 0 Å². The Labute approximate surface area is 35.2 Å². The van der Waals surface area contributed by atoms with Gasteiger partial charge in [-0.15, -0.1) is 0 Å². The SMILES string of the molecule is CNC(=O)ON. The maximum Gasteiger partial charge on any atom is 0.425 e. The second-order valence-electron chi connectivity index (χ2n) is 0.655. The van der Waals surface area contributed by atoms with Crippen molar-refractivity contribution in [3.8, 4) is 0 Å². The summed E-state index contributed by atoms with van der Waals surface area (Å²) in [7, 11) is 1.43. The molecule has 0 atom stereocenters. The van der Waals surface area contributed by atoms with Gasteiger partial charge in [-0.2, -0.15) is 5.90 Å². The van der Waals surface area contributed by atoms with Gasteiger partial charge in [-0.05, 0) is 0 Å². The largest absolute Gasteiger partial charge is 0.425 e. The summed E-state index contributed by atoms with van der Waals surface area (Å²) in [5.41, 5.74) is 0. The van der Waals surface area contributed by atoms with E-state index < -0.39 is 6.09 Å². The molecule has 4 nitrogen and oxygen atoms in total. The summed E-state index contributed by atoms with van der Waals surface area (Å²) in [6, 6.07) is 0. The van der Waals surface area contributed by atoms with Crippen LogP contribution in [0.25, 0.3) is 0 Å². The Morgan fingerprint density at radius 2 is 2.50 bits per heavy atom. The standard InChI is InChI=1S/C2H6N2O2/c1-4-2(5)6-3/h3H2,1H3,(H,4,5). The third-order valence-electron chi connectivity index (χ3n) is 0.311. The molecule has 0 spiro atoms. The molecule has 0 aromatic heterocycles. The number of amides is 1. The lowest BCUT2D eigenvalue weighted by Crippen LogP contribution is -2.22. The molecule has 0 aliphatic heterocycles. The van der Waals surface area contributed by atoms with E-state index in [1.807, 2.05) is 0 Å². The molecule has 0 aromatic carbocycles. The molecule has 6 heavy (non-hydrogen) atoms. The van der Waals surface area contributed by atoms with E-state index in [9.17, 15) is 4.79 Å². The van der Waals surface area contributed by atoms with Crippen LogP contribution in [0.4, 0.5) is 4.79 Å². The summed E-state index contributed by atoms with van der Waals surface area (Å²) in [6.07, 6.45) is -0.630. The predicted molar refractivity (Wildman–Crippen MR) is 19.7 cm³/mol. The molecule has 0 aromatic rings. The molecule has 0 heterocycles. The fourth-order valence-corrected chi connectivity index (χ4v) is 0.0589. The zero-order valence-corrected chi connectivity index (χ0v) is 3.39. The highest BCUT2D eigenvalue weighted by molar-refractivity contribution is 5.66. The highest BCUT2D eigenvalue weighted by Crippen LogP contribution is 1.57. The topological polar surface area (TPSA) is 64.3 Å². The summed E-state index contributed by atoms with van der Waals surface area (Å²) in [5.74, 6) is 4.37. The molecule has 0 rings (SSSR count). The van der Waals surface area contributed by atoms with Crippen LogP contribution in [0, 0.1) is 0 Å². The van der Waals surface area contributed by atoms with Crippen molar-refractivity contribution >= 4 is 6.09 Å². The molecule has 0 aliphatic rings. The van der Waals surface area contributed by atoms with Crippen molar-refractivity contribution in [2.75, 3.05) is 7.05 Å². The van der Waals surface area contributed by atoms with E-state index in [2.05, 4.69) is 16.1 Å². The molecule has 0 unspecified atom stereocenters. The minimum absolute atomic E-state index is 0.630. The summed E-state index contributed by atoms with van der Waals surface area (Å²) in [4.78, 5) is 13.4. The first kappa shape index (κ1) is 5.23. The average Bonchev–Trinajstić information content (AvgIpc) is 1.65. The van der Waals surface area contributed by atoms with Crippen LogP contribution >= 0.6 is 0 Å². The van der Waals surface area contributed by atoms with Gasteiger partial charge in [0.1, 0.15) is 0 Å². The van der Waals surface area contributed by atoms with Crippen molar-refractivity contribution in [3.63, 3.8) is 0 Å². The van der Waals surface area contributed by atoms with Gasteiger partial charge in [0.05, 0.1) is 0 Å². The third kappa shape index (κ3) is 1.54. The molecule has 0 saturated heterocycles. The maximum atomic E-state index is 9.72. The first-order chi connectivity index (χ1) is 2.81. The van der Waals surface area contributed by atoms with E-state index in [1.54, 1.807) is 0 Å². The van der Waals surface area contributed by atoms with E-state index in [-0.39, 0.29) is 0 Å². The van der Waals surface area contributed by atoms with Crippen LogP contribution in [0.5, 0.6) is 0 Å². The van der Waals surface area contributed by atoms with Crippen molar-refractivity contribution in [3.05, 3.63) is 0 Å². The number of carbonyl (C=O) groups excluding carboxylic acids is 1. The van der Waals surface area contributed by atoms with Crippen molar-refractivity contribution in [1.82, 2.24) is 5.32 Å². The van der Waals surface area contributed by atoms with Gasteiger partial charge in [0, 0.05) is 7.05 Å². The van der Waals surface area contributed by atoms with Gasteiger partial charge >= 0.3 is 6.09 Å². The van der Waals surface area contributed by atoms with Gasteiger partial charge in [-0.25, -0.2) is 4.79 Å². The number of hydrogen-bond donors (Lipinski definition) is 2. The Morgan fingerprint density at radius 1 is 2.00 bits per heavy atom. The van der Waals surface area contributed by atoms with Crippen LogP contribution in [-0.2, 0) is 4.84 Å². The van der Waals surface area contributed by atoms with Gasteiger partial charge in [0.2, 0.25) is 0 Å². The lowest BCUT2D eigenvalue weighted by molar-refractivity contribution is 0.150. The van der Waals surface area contributed by atoms with Crippen LogP contribution in [0.3, 0.4) is 0 Å². The average molecular weight is 90.1 g/mol. The second-order valence-corrected chi connectivity index (χ2v) is 0.655. The molecule has 1 amide bonds. The highest BCUT2D eigenvalue weighted by Gasteiger charge is 1.86. The summed E-state index contributed by atoms with van der Waals surface area (Å²) in [6.45, 7) is 0. The zero-order chi connectivity index (χ0) is 4.99. The van der Waals surface area contributed by atoms with Crippen molar-refractivity contribution in [2.24, 2.45) is 5.90 Å². The number of nitrogens with one attached hydrogen (secondary N) is 1. The molecular weight excluding hydrogens is 84.0 g/mol. The molecule has 4 heteroatoms. The predicted octanol–water partition coefficient (Wildman–Crippen LogP) is -0.784. The lowest BCUT2D eigenvalue weighted by atomic mass is 11.1. The quantitative estimate of drug-likeness (QED) is 0.383. The number of nitrogens with two attached hydrogens (primary N) is 1. The lowest BCUT2D eigenvalue weighted by Gasteiger charge is -1.89. The molecule has 36 valence electrons. The summed E-state index contributed by atoms with van der Waals surface area (Å²) in [5, 5.41) is 2.13. The molecule has 0 aliphatic carbocycles. The molecule has 0 fully saturated rings. The van der Waals surface area contributed by atoms with Gasteiger partial charge in [-0.1, -0.05) is 0 Å². The Balaban J connectivity index is 2.99. The maximum absolute atomic E-state index is 9.72. The van der Waals surface area contributed by atoms with Crippen molar-refractivity contribution < 1.29 is 9.63 Å². The Hall–Kier alpha value is -0.770. The monoisotopic (exact) mass is 90.0 g/mol. The molecule has 0 bridgehead atoms. The zero-order valence-electron chi connectivity index (χ0n) is 3.39. The van der Waals surface area contributed by atoms with Gasteiger partial charge in [-0.3, -0.25) is 0 Å². The number of hydrogen-bond acceptors (Lipinski definition) is 3. The molecular formula is C2H6N2O2.